The number of ether oxygens (including phenoxy) is 1. The van der Waals surface area contributed by atoms with Gasteiger partial charge in [-0.2, -0.15) is 0 Å². The largest absolute Gasteiger partial charge is 0.378 e. The average molecular weight is 463 g/mol. The van der Waals surface area contributed by atoms with Crippen LogP contribution >= 0.6 is 23.1 Å². The van der Waals surface area contributed by atoms with Crippen LogP contribution in [-0.2, 0) is 9.53 Å². The summed E-state index contributed by atoms with van der Waals surface area (Å²) in [4.78, 5) is 24.9. The van der Waals surface area contributed by atoms with Crippen LogP contribution in [0.25, 0.3) is 21.3 Å². The highest BCUT2D eigenvalue weighted by Gasteiger charge is 2.17. The van der Waals surface area contributed by atoms with Gasteiger partial charge in [0.2, 0.25) is 5.91 Å². The van der Waals surface area contributed by atoms with E-state index in [1.165, 1.54) is 11.8 Å². The average Bonchev–Trinajstić information content (AvgIpc) is 3.29. The smallest absolute Gasteiger partial charge is 0.234 e. The highest BCUT2D eigenvalue weighted by molar-refractivity contribution is 8.00. The number of nitrogens with one attached hydrogen (secondary N) is 1. The summed E-state index contributed by atoms with van der Waals surface area (Å²) in [7, 11) is 0. The molecule has 2 aromatic heterocycles. The maximum absolute atomic E-state index is 12.8. The van der Waals surface area contributed by atoms with Crippen LogP contribution in [0.5, 0.6) is 0 Å². The number of nitrogens with zero attached hydrogens (tertiary/aromatic N) is 3. The number of fused-ring (bicyclic) bond motifs is 1. The Morgan fingerprint density at radius 2 is 1.84 bits per heavy atom. The van der Waals surface area contributed by atoms with Crippen LogP contribution in [0.4, 0.5) is 11.4 Å². The number of rotatable bonds is 6. The van der Waals surface area contributed by atoms with Gasteiger partial charge in [-0.25, -0.2) is 9.97 Å². The fourth-order valence-electron chi connectivity index (χ4n) is 3.77. The van der Waals surface area contributed by atoms with Gasteiger partial charge in [0.15, 0.2) is 0 Å². The minimum absolute atomic E-state index is 0.0565. The van der Waals surface area contributed by atoms with E-state index in [2.05, 4.69) is 37.7 Å². The van der Waals surface area contributed by atoms with Gasteiger partial charge in [0.25, 0.3) is 0 Å². The molecule has 0 aliphatic carbocycles. The molecule has 1 aliphatic heterocycles. The number of carbonyl (C=O) groups excluding carboxylic acids is 1. The third-order valence-corrected chi connectivity index (χ3v) is 7.17. The summed E-state index contributed by atoms with van der Waals surface area (Å²) in [5, 5.41) is 7.03. The maximum atomic E-state index is 12.8. The molecule has 0 saturated carbocycles. The summed E-state index contributed by atoms with van der Waals surface area (Å²) >= 11 is 3.04. The third kappa shape index (κ3) is 4.48. The molecule has 0 bridgehead atoms. The lowest BCUT2D eigenvalue weighted by Gasteiger charge is -2.30. The van der Waals surface area contributed by atoms with Crippen molar-refractivity contribution in [3.8, 4) is 11.1 Å². The van der Waals surface area contributed by atoms with Crippen molar-refractivity contribution in [2.45, 2.75) is 5.03 Å². The van der Waals surface area contributed by atoms with Crippen molar-refractivity contribution in [1.82, 2.24) is 9.97 Å². The number of para-hydroxylation sites is 2. The number of amides is 1. The molecule has 32 heavy (non-hydrogen) atoms. The molecule has 1 N–H and O–H groups in total. The zero-order chi connectivity index (χ0) is 21.8. The molecule has 1 saturated heterocycles. The molecule has 2 aromatic carbocycles. The van der Waals surface area contributed by atoms with Crippen LogP contribution in [0, 0.1) is 0 Å². The summed E-state index contributed by atoms with van der Waals surface area (Å²) in [6.45, 7) is 3.04. The number of carbonyl (C=O) groups is 1. The van der Waals surface area contributed by atoms with Crippen LogP contribution in [0.15, 0.2) is 71.3 Å². The van der Waals surface area contributed by atoms with Gasteiger partial charge in [-0.15, -0.1) is 11.3 Å². The summed E-state index contributed by atoms with van der Waals surface area (Å²) in [5.41, 5.74) is 4.09. The van der Waals surface area contributed by atoms with Gasteiger partial charge in [-0.05, 0) is 17.7 Å². The topological polar surface area (TPSA) is 67.4 Å². The first-order valence-corrected chi connectivity index (χ1v) is 12.3. The molecule has 0 unspecified atom stereocenters. The van der Waals surface area contributed by atoms with Gasteiger partial charge in [0, 0.05) is 24.0 Å². The Morgan fingerprint density at radius 3 is 2.69 bits per heavy atom. The van der Waals surface area contributed by atoms with E-state index in [4.69, 9.17) is 4.74 Å². The van der Waals surface area contributed by atoms with Crippen molar-refractivity contribution < 1.29 is 9.53 Å². The zero-order valence-electron chi connectivity index (χ0n) is 17.4. The van der Waals surface area contributed by atoms with Crippen molar-refractivity contribution in [2.24, 2.45) is 0 Å². The van der Waals surface area contributed by atoms with E-state index < -0.39 is 0 Å². The van der Waals surface area contributed by atoms with Crippen molar-refractivity contribution in [2.75, 3.05) is 42.3 Å². The normalized spacial score (nSPS) is 13.9. The van der Waals surface area contributed by atoms with Gasteiger partial charge < -0.3 is 15.0 Å². The SMILES string of the molecule is O=C(CSc1ncnc2scc(-c3ccccc3)c12)Nc1ccccc1N1CCOCC1. The Morgan fingerprint density at radius 1 is 1.06 bits per heavy atom. The molecule has 8 heteroatoms. The minimum Gasteiger partial charge on any atom is -0.378 e. The highest BCUT2D eigenvalue weighted by Crippen LogP contribution is 2.37. The summed E-state index contributed by atoms with van der Waals surface area (Å²) in [6, 6.07) is 18.1. The van der Waals surface area contributed by atoms with E-state index in [0.717, 1.165) is 50.8 Å². The Balaban J connectivity index is 1.33. The number of morpholine rings is 1. The number of thiophene rings is 1. The van der Waals surface area contributed by atoms with Crippen molar-refractivity contribution >= 4 is 50.6 Å². The molecule has 1 aliphatic rings. The second-order valence-electron chi connectivity index (χ2n) is 7.33. The second-order valence-corrected chi connectivity index (χ2v) is 9.15. The first kappa shape index (κ1) is 20.9. The third-order valence-electron chi connectivity index (χ3n) is 5.29. The van der Waals surface area contributed by atoms with Crippen molar-refractivity contribution in [1.29, 1.82) is 0 Å². The molecule has 0 radical (unpaired) electrons. The molecule has 5 rings (SSSR count). The molecule has 162 valence electrons. The predicted octanol–water partition coefficient (Wildman–Crippen LogP) is 4.93. The van der Waals surface area contributed by atoms with Gasteiger partial charge in [-0.1, -0.05) is 54.2 Å². The predicted molar refractivity (Wildman–Crippen MR) is 132 cm³/mol. The molecule has 0 atom stereocenters. The Bertz CT molecular complexity index is 1220. The molecule has 6 nitrogen and oxygen atoms in total. The van der Waals surface area contributed by atoms with Crippen molar-refractivity contribution in [3.05, 3.63) is 66.3 Å². The Labute approximate surface area is 194 Å². The fourth-order valence-corrected chi connectivity index (χ4v) is 5.56. The first-order chi connectivity index (χ1) is 15.8. The molecular weight excluding hydrogens is 440 g/mol. The number of hydrogen-bond acceptors (Lipinski definition) is 7. The van der Waals surface area contributed by atoms with Crippen LogP contribution < -0.4 is 10.2 Å². The number of thioether (sulfide) groups is 1. The summed E-state index contributed by atoms with van der Waals surface area (Å²) < 4.78 is 5.46. The van der Waals surface area contributed by atoms with E-state index in [1.54, 1.807) is 17.7 Å². The van der Waals surface area contributed by atoms with Crippen LogP contribution in [0.1, 0.15) is 0 Å². The van der Waals surface area contributed by atoms with Gasteiger partial charge in [0.05, 0.1) is 35.7 Å². The Hall–Kier alpha value is -2.94. The van der Waals surface area contributed by atoms with E-state index >= 15 is 0 Å². The molecule has 1 amide bonds. The van der Waals surface area contributed by atoms with E-state index in [1.807, 2.05) is 42.5 Å². The Kier molecular flexibility index (Phi) is 6.34. The van der Waals surface area contributed by atoms with Crippen LogP contribution in [0.3, 0.4) is 0 Å². The van der Waals surface area contributed by atoms with E-state index in [0.29, 0.717) is 13.2 Å². The van der Waals surface area contributed by atoms with Gasteiger partial charge >= 0.3 is 0 Å². The lowest BCUT2D eigenvalue weighted by molar-refractivity contribution is -0.113. The van der Waals surface area contributed by atoms with Crippen molar-refractivity contribution in [3.63, 3.8) is 0 Å². The fraction of sp³-hybridized carbons (Fsp3) is 0.208. The van der Waals surface area contributed by atoms with Gasteiger partial charge in [-0.3, -0.25) is 4.79 Å². The number of aromatic nitrogens is 2. The minimum atomic E-state index is -0.0565. The zero-order valence-corrected chi connectivity index (χ0v) is 19.0. The summed E-state index contributed by atoms with van der Waals surface area (Å²) in [5.74, 6) is 0.215. The highest BCUT2D eigenvalue weighted by atomic mass is 32.2. The monoisotopic (exact) mass is 462 g/mol. The maximum Gasteiger partial charge on any atom is 0.234 e. The lowest BCUT2D eigenvalue weighted by atomic mass is 10.1. The molecular formula is C24H22N4O2S2. The van der Waals surface area contributed by atoms with Gasteiger partial charge in [0.1, 0.15) is 16.2 Å². The number of anilines is 2. The first-order valence-electron chi connectivity index (χ1n) is 10.4. The van der Waals surface area contributed by atoms with E-state index in [9.17, 15) is 4.79 Å². The quantitative estimate of drug-likeness (QED) is 0.324. The van der Waals surface area contributed by atoms with Crippen LogP contribution in [0.2, 0.25) is 0 Å². The molecule has 1 fully saturated rings. The van der Waals surface area contributed by atoms with Crippen LogP contribution in [-0.4, -0.2) is 47.9 Å². The second kappa shape index (κ2) is 9.68. The summed E-state index contributed by atoms with van der Waals surface area (Å²) in [6.07, 6.45) is 1.57. The molecule has 3 heterocycles. The molecule has 4 aromatic rings. The lowest BCUT2D eigenvalue weighted by Crippen LogP contribution is -2.36. The molecule has 0 spiro atoms. The number of benzene rings is 2. The standard InChI is InChI=1S/C24H22N4O2S2/c29-21(27-19-8-4-5-9-20(19)28-10-12-30-13-11-28)15-32-24-22-18(17-6-2-1-3-7-17)14-31-23(22)25-16-26-24/h1-9,14,16H,10-13,15H2,(H,27,29). The number of hydrogen-bond donors (Lipinski definition) is 1. The van der Waals surface area contributed by atoms with E-state index in [-0.39, 0.29) is 11.7 Å².